The Labute approximate surface area is 75.5 Å². The SMILES string of the molecule is CCOC(=O)c1nnc(N(C)C)o1. The fourth-order valence-corrected chi connectivity index (χ4v) is 0.672. The van der Waals surface area contributed by atoms with Crippen molar-refractivity contribution in [2.75, 3.05) is 25.6 Å². The molecule has 0 radical (unpaired) electrons. The van der Waals surface area contributed by atoms with E-state index in [4.69, 9.17) is 4.42 Å². The largest absolute Gasteiger partial charge is 0.459 e. The van der Waals surface area contributed by atoms with Crippen LogP contribution in [0, 0.1) is 0 Å². The molecule has 6 nitrogen and oxygen atoms in total. The molecule has 1 heterocycles. The van der Waals surface area contributed by atoms with E-state index >= 15 is 0 Å². The van der Waals surface area contributed by atoms with Crippen molar-refractivity contribution in [3.05, 3.63) is 5.89 Å². The lowest BCUT2D eigenvalue weighted by Gasteiger charge is -2.02. The van der Waals surface area contributed by atoms with Gasteiger partial charge in [-0.05, 0) is 6.92 Å². The molecule has 72 valence electrons. The van der Waals surface area contributed by atoms with E-state index in [0.717, 1.165) is 0 Å². The highest BCUT2D eigenvalue weighted by molar-refractivity contribution is 5.84. The number of anilines is 1. The zero-order valence-electron chi connectivity index (χ0n) is 7.77. The van der Waals surface area contributed by atoms with Crippen LogP contribution in [-0.4, -0.2) is 36.9 Å². The number of rotatable bonds is 3. The Bertz CT molecular complexity index is 295. The van der Waals surface area contributed by atoms with Crippen LogP contribution in [0.4, 0.5) is 6.01 Å². The first-order chi connectivity index (χ1) is 6.15. The molecule has 1 aromatic heterocycles. The van der Waals surface area contributed by atoms with Gasteiger partial charge in [-0.15, -0.1) is 0 Å². The molecule has 1 aromatic rings. The average molecular weight is 185 g/mol. The minimum atomic E-state index is -0.594. The number of nitrogens with zero attached hydrogens (tertiary/aromatic N) is 3. The summed E-state index contributed by atoms with van der Waals surface area (Å²) in [4.78, 5) is 12.7. The van der Waals surface area contributed by atoms with Gasteiger partial charge in [0.05, 0.1) is 6.61 Å². The molecule has 0 aliphatic carbocycles. The molecule has 0 spiro atoms. The van der Waals surface area contributed by atoms with Gasteiger partial charge in [0.15, 0.2) is 0 Å². The summed E-state index contributed by atoms with van der Waals surface area (Å²) in [6.45, 7) is 2.00. The third-order valence-electron chi connectivity index (χ3n) is 1.25. The maximum absolute atomic E-state index is 11.0. The molecule has 0 saturated carbocycles. The van der Waals surface area contributed by atoms with Crippen molar-refractivity contribution in [3.63, 3.8) is 0 Å². The van der Waals surface area contributed by atoms with E-state index in [1.54, 1.807) is 25.9 Å². The van der Waals surface area contributed by atoms with Crippen molar-refractivity contribution in [1.82, 2.24) is 10.2 Å². The second-order valence-corrected chi connectivity index (χ2v) is 2.50. The van der Waals surface area contributed by atoms with Crippen molar-refractivity contribution in [1.29, 1.82) is 0 Å². The number of ether oxygens (including phenoxy) is 1. The third kappa shape index (κ3) is 2.17. The number of hydrogen-bond donors (Lipinski definition) is 0. The number of aromatic nitrogens is 2. The van der Waals surface area contributed by atoms with Crippen molar-refractivity contribution < 1.29 is 13.9 Å². The van der Waals surface area contributed by atoms with Gasteiger partial charge in [-0.2, -0.15) is 0 Å². The van der Waals surface area contributed by atoms with E-state index < -0.39 is 5.97 Å². The van der Waals surface area contributed by atoms with Crippen LogP contribution >= 0.6 is 0 Å². The highest BCUT2D eigenvalue weighted by atomic mass is 16.5. The monoisotopic (exact) mass is 185 g/mol. The molecule has 0 bridgehead atoms. The summed E-state index contributed by atoms with van der Waals surface area (Å²) in [6.07, 6.45) is 0. The molecule has 1 rings (SSSR count). The van der Waals surface area contributed by atoms with Crippen LogP contribution in [0.25, 0.3) is 0 Å². The second kappa shape index (κ2) is 3.88. The normalized spacial score (nSPS) is 9.77. The quantitative estimate of drug-likeness (QED) is 0.631. The molecular weight excluding hydrogens is 174 g/mol. The molecule has 0 fully saturated rings. The Kier molecular flexibility index (Phi) is 2.84. The summed E-state index contributed by atoms with van der Waals surface area (Å²) >= 11 is 0. The number of hydrogen-bond acceptors (Lipinski definition) is 6. The Morgan fingerprint density at radius 2 is 2.23 bits per heavy atom. The van der Waals surface area contributed by atoms with Crippen LogP contribution in [-0.2, 0) is 4.74 Å². The summed E-state index contributed by atoms with van der Waals surface area (Å²) in [5.74, 6) is -0.714. The van der Waals surface area contributed by atoms with Crippen LogP contribution in [0.15, 0.2) is 4.42 Å². The van der Waals surface area contributed by atoms with Gasteiger partial charge in [0.25, 0.3) is 0 Å². The standard InChI is InChI=1S/C7H11N3O3/c1-4-12-6(11)5-8-9-7(13-5)10(2)3/h4H2,1-3H3. The van der Waals surface area contributed by atoms with Gasteiger partial charge < -0.3 is 14.1 Å². The van der Waals surface area contributed by atoms with E-state index in [0.29, 0.717) is 6.61 Å². The molecule has 0 aliphatic rings. The number of carbonyl (C=O) groups excluding carboxylic acids is 1. The Morgan fingerprint density at radius 3 is 2.69 bits per heavy atom. The lowest BCUT2D eigenvalue weighted by molar-refractivity contribution is 0.0481. The van der Waals surface area contributed by atoms with E-state index in [9.17, 15) is 4.79 Å². The van der Waals surface area contributed by atoms with Gasteiger partial charge in [-0.25, -0.2) is 4.79 Å². The molecule has 0 aliphatic heterocycles. The van der Waals surface area contributed by atoms with Gasteiger partial charge >= 0.3 is 17.9 Å². The molecule has 6 heteroatoms. The Balaban J connectivity index is 2.73. The van der Waals surface area contributed by atoms with Crippen molar-refractivity contribution in [2.45, 2.75) is 6.92 Å². The fourth-order valence-electron chi connectivity index (χ4n) is 0.672. The van der Waals surface area contributed by atoms with E-state index in [2.05, 4.69) is 14.9 Å². The minimum Gasteiger partial charge on any atom is -0.459 e. The van der Waals surface area contributed by atoms with Gasteiger partial charge in [0.2, 0.25) is 0 Å². The van der Waals surface area contributed by atoms with Crippen molar-refractivity contribution in [2.24, 2.45) is 0 Å². The van der Waals surface area contributed by atoms with Crippen LogP contribution < -0.4 is 4.90 Å². The molecule has 0 amide bonds. The maximum Gasteiger partial charge on any atom is 0.396 e. The average Bonchev–Trinajstić information content (AvgIpc) is 2.52. The van der Waals surface area contributed by atoms with Crippen LogP contribution in [0.1, 0.15) is 17.6 Å². The number of esters is 1. The lowest BCUT2D eigenvalue weighted by atomic mass is 10.7. The Hall–Kier alpha value is -1.59. The molecule has 0 N–H and O–H groups in total. The summed E-state index contributed by atoms with van der Waals surface area (Å²) in [7, 11) is 3.48. The van der Waals surface area contributed by atoms with Gasteiger partial charge in [0.1, 0.15) is 0 Å². The molecule has 0 saturated heterocycles. The molecule has 0 unspecified atom stereocenters. The molecule has 13 heavy (non-hydrogen) atoms. The smallest absolute Gasteiger partial charge is 0.396 e. The zero-order valence-corrected chi connectivity index (χ0v) is 7.77. The van der Waals surface area contributed by atoms with Crippen molar-refractivity contribution in [3.8, 4) is 0 Å². The predicted molar refractivity (Wildman–Crippen MR) is 44.6 cm³/mol. The van der Waals surface area contributed by atoms with Gasteiger partial charge in [0, 0.05) is 14.1 Å². The zero-order chi connectivity index (χ0) is 9.84. The highest BCUT2D eigenvalue weighted by Crippen LogP contribution is 2.08. The van der Waals surface area contributed by atoms with Gasteiger partial charge in [-0.1, -0.05) is 10.2 Å². The first kappa shape index (κ1) is 9.50. The summed E-state index contributed by atoms with van der Waals surface area (Å²) < 4.78 is 9.66. The highest BCUT2D eigenvalue weighted by Gasteiger charge is 2.16. The van der Waals surface area contributed by atoms with Crippen LogP contribution in [0.5, 0.6) is 0 Å². The third-order valence-corrected chi connectivity index (χ3v) is 1.25. The van der Waals surface area contributed by atoms with Crippen LogP contribution in [0.3, 0.4) is 0 Å². The van der Waals surface area contributed by atoms with Crippen LogP contribution in [0.2, 0.25) is 0 Å². The van der Waals surface area contributed by atoms with E-state index in [-0.39, 0.29) is 11.9 Å². The molecule has 0 atom stereocenters. The predicted octanol–water partition coefficient (Wildman–Crippen LogP) is 0.312. The Morgan fingerprint density at radius 1 is 1.54 bits per heavy atom. The first-order valence-corrected chi connectivity index (χ1v) is 3.83. The van der Waals surface area contributed by atoms with Crippen molar-refractivity contribution >= 4 is 12.0 Å². The fraction of sp³-hybridized carbons (Fsp3) is 0.571. The molecule has 0 aromatic carbocycles. The summed E-state index contributed by atoms with van der Waals surface area (Å²) in [5, 5.41) is 7.15. The summed E-state index contributed by atoms with van der Waals surface area (Å²) in [6, 6.07) is 0.281. The van der Waals surface area contributed by atoms with Gasteiger partial charge in [-0.3, -0.25) is 0 Å². The summed E-state index contributed by atoms with van der Waals surface area (Å²) in [5.41, 5.74) is 0. The first-order valence-electron chi connectivity index (χ1n) is 3.83. The van der Waals surface area contributed by atoms with E-state index in [1.165, 1.54) is 0 Å². The number of carbonyl (C=O) groups is 1. The second-order valence-electron chi connectivity index (χ2n) is 2.50. The minimum absolute atomic E-state index is 0.120. The molecular formula is C7H11N3O3. The van der Waals surface area contributed by atoms with E-state index in [1.807, 2.05) is 0 Å². The topological polar surface area (TPSA) is 68.5 Å². The lowest BCUT2D eigenvalue weighted by Crippen LogP contribution is -2.08. The maximum atomic E-state index is 11.0.